The van der Waals surface area contributed by atoms with Gasteiger partial charge in [0.05, 0.1) is 12.2 Å². The highest BCUT2D eigenvalue weighted by Gasteiger charge is 2.33. The summed E-state index contributed by atoms with van der Waals surface area (Å²) in [5, 5.41) is 12.3. The molecule has 25 heavy (non-hydrogen) atoms. The highest BCUT2D eigenvalue weighted by atomic mass is 16.2. The molecule has 126 valence electrons. The van der Waals surface area contributed by atoms with E-state index in [9.17, 15) is 9.59 Å². The summed E-state index contributed by atoms with van der Waals surface area (Å²) in [7, 11) is 0. The summed E-state index contributed by atoms with van der Waals surface area (Å²) >= 11 is 0. The normalized spacial score (nSPS) is 14.3. The number of aromatic nitrogens is 5. The Morgan fingerprint density at radius 1 is 1.12 bits per heavy atom. The van der Waals surface area contributed by atoms with Crippen LogP contribution in [0.2, 0.25) is 0 Å². The van der Waals surface area contributed by atoms with Crippen molar-refractivity contribution in [2.45, 2.75) is 12.6 Å². The minimum absolute atomic E-state index is 0.0426. The number of likely N-dealkylation sites (tertiary alicyclic amines) is 1. The van der Waals surface area contributed by atoms with Crippen LogP contribution in [0.25, 0.3) is 11.3 Å². The molecule has 1 saturated heterocycles. The van der Waals surface area contributed by atoms with Crippen LogP contribution in [0.5, 0.6) is 0 Å². The van der Waals surface area contributed by atoms with Crippen molar-refractivity contribution >= 4 is 5.91 Å². The first-order chi connectivity index (χ1) is 12.2. The summed E-state index contributed by atoms with van der Waals surface area (Å²) in [4.78, 5) is 25.5. The molecule has 0 radical (unpaired) electrons. The maximum atomic E-state index is 12.2. The number of carbonyl (C=O) groups is 1. The number of hydrogen-bond donors (Lipinski definition) is 0. The molecule has 1 amide bonds. The first-order valence-electron chi connectivity index (χ1n) is 7.98. The zero-order chi connectivity index (χ0) is 17.2. The fraction of sp³-hybridized carbons (Fsp3) is 0.235. The van der Waals surface area contributed by atoms with Gasteiger partial charge in [0.15, 0.2) is 0 Å². The summed E-state index contributed by atoms with van der Waals surface area (Å²) in [5.74, 6) is -0.125. The third-order valence-corrected chi connectivity index (χ3v) is 4.24. The van der Waals surface area contributed by atoms with Crippen molar-refractivity contribution in [2.75, 3.05) is 13.1 Å². The molecule has 0 aliphatic carbocycles. The second-order valence-corrected chi connectivity index (χ2v) is 5.92. The summed E-state index contributed by atoms with van der Waals surface area (Å²) in [6.45, 7) is 1.06. The molecule has 1 aliphatic rings. The van der Waals surface area contributed by atoms with Crippen LogP contribution in [0, 0.1) is 0 Å². The van der Waals surface area contributed by atoms with E-state index in [4.69, 9.17) is 0 Å². The van der Waals surface area contributed by atoms with Crippen LogP contribution in [0.1, 0.15) is 6.04 Å². The molecule has 8 heteroatoms. The number of benzene rings is 1. The summed E-state index contributed by atoms with van der Waals surface area (Å²) in [6, 6.07) is 12.9. The molecule has 0 bridgehead atoms. The second-order valence-electron chi connectivity index (χ2n) is 5.92. The molecule has 3 aromatic rings. The van der Waals surface area contributed by atoms with Crippen molar-refractivity contribution in [3.63, 3.8) is 0 Å². The zero-order valence-electron chi connectivity index (χ0n) is 13.4. The zero-order valence-corrected chi connectivity index (χ0v) is 13.4. The van der Waals surface area contributed by atoms with Crippen LogP contribution >= 0.6 is 0 Å². The molecule has 2 aromatic heterocycles. The smallest absolute Gasteiger partial charge is 0.267 e. The van der Waals surface area contributed by atoms with Crippen LogP contribution in [-0.4, -0.2) is 48.7 Å². The van der Waals surface area contributed by atoms with E-state index in [1.807, 2.05) is 36.5 Å². The Morgan fingerprint density at radius 2 is 1.92 bits per heavy atom. The Kier molecular flexibility index (Phi) is 3.85. The lowest BCUT2D eigenvalue weighted by Crippen LogP contribution is -2.52. The van der Waals surface area contributed by atoms with E-state index in [2.05, 4.69) is 15.4 Å². The van der Waals surface area contributed by atoms with Crippen molar-refractivity contribution in [2.24, 2.45) is 0 Å². The molecular formula is C17H16N6O2. The first kappa shape index (κ1) is 15.3. The van der Waals surface area contributed by atoms with Crippen molar-refractivity contribution in [1.29, 1.82) is 0 Å². The van der Waals surface area contributed by atoms with Gasteiger partial charge < -0.3 is 4.90 Å². The Bertz CT molecular complexity index is 943. The fourth-order valence-corrected chi connectivity index (χ4v) is 2.76. The van der Waals surface area contributed by atoms with Crippen LogP contribution in [0.15, 0.2) is 59.7 Å². The topological polar surface area (TPSA) is 85.9 Å². The molecule has 0 saturated carbocycles. The van der Waals surface area contributed by atoms with Crippen molar-refractivity contribution in [1.82, 2.24) is 29.7 Å². The number of nitrogens with zero attached hydrogens (tertiary/aromatic N) is 6. The largest absolute Gasteiger partial charge is 0.337 e. The highest BCUT2D eigenvalue weighted by molar-refractivity contribution is 5.76. The van der Waals surface area contributed by atoms with Gasteiger partial charge in [0, 0.05) is 30.9 Å². The molecule has 0 atom stereocenters. The molecule has 4 rings (SSSR count). The third-order valence-electron chi connectivity index (χ3n) is 4.24. The number of carbonyl (C=O) groups excluding carboxylic acids is 1. The molecule has 0 spiro atoms. The first-order valence-corrected chi connectivity index (χ1v) is 7.98. The van der Waals surface area contributed by atoms with Crippen LogP contribution in [-0.2, 0) is 11.3 Å². The summed E-state index contributed by atoms with van der Waals surface area (Å²) < 4.78 is 2.96. The second kappa shape index (κ2) is 6.31. The molecule has 8 nitrogen and oxygen atoms in total. The molecule has 1 aliphatic heterocycles. The Morgan fingerprint density at radius 3 is 2.68 bits per heavy atom. The minimum Gasteiger partial charge on any atom is -0.337 e. The maximum Gasteiger partial charge on any atom is 0.267 e. The Hall–Kier alpha value is -3.29. The van der Waals surface area contributed by atoms with Gasteiger partial charge in [-0.1, -0.05) is 35.5 Å². The fourth-order valence-electron chi connectivity index (χ4n) is 2.76. The van der Waals surface area contributed by atoms with E-state index in [0.717, 1.165) is 11.3 Å². The van der Waals surface area contributed by atoms with E-state index in [-0.39, 0.29) is 24.1 Å². The number of hydrogen-bond acceptors (Lipinski definition) is 5. The van der Waals surface area contributed by atoms with Crippen molar-refractivity contribution in [3.05, 3.63) is 65.2 Å². The minimum atomic E-state index is -0.281. The quantitative estimate of drug-likeness (QED) is 0.696. The van der Waals surface area contributed by atoms with Gasteiger partial charge in [-0.2, -0.15) is 5.10 Å². The predicted molar refractivity (Wildman–Crippen MR) is 89.6 cm³/mol. The predicted octanol–water partition coefficient (Wildman–Crippen LogP) is 0.585. The standard InChI is InChI=1S/C17H16N6O2/c24-16-7-4-8-18-23(16)12-17(25)21-9-14(10-21)22-11-15(19-20-22)13-5-2-1-3-6-13/h1-8,11,14H,9-10,12H2. The molecular weight excluding hydrogens is 320 g/mol. The van der Waals surface area contributed by atoms with E-state index in [0.29, 0.717) is 13.1 Å². The Labute approximate surface area is 143 Å². The van der Waals surface area contributed by atoms with Gasteiger partial charge in [-0.05, 0) is 6.07 Å². The molecule has 0 N–H and O–H groups in total. The molecule has 3 heterocycles. The summed E-state index contributed by atoms with van der Waals surface area (Å²) in [6.07, 6.45) is 3.39. The van der Waals surface area contributed by atoms with Crippen LogP contribution in [0.3, 0.4) is 0 Å². The summed E-state index contributed by atoms with van der Waals surface area (Å²) in [5.41, 5.74) is 1.54. The van der Waals surface area contributed by atoms with Gasteiger partial charge in [-0.15, -0.1) is 5.10 Å². The van der Waals surface area contributed by atoms with Gasteiger partial charge in [0.1, 0.15) is 12.2 Å². The van der Waals surface area contributed by atoms with E-state index in [1.165, 1.54) is 16.9 Å². The lowest BCUT2D eigenvalue weighted by atomic mass is 10.1. The van der Waals surface area contributed by atoms with Crippen LogP contribution < -0.4 is 5.56 Å². The monoisotopic (exact) mass is 336 g/mol. The maximum absolute atomic E-state index is 12.2. The molecule has 1 fully saturated rings. The molecule has 1 aromatic carbocycles. The Balaban J connectivity index is 1.38. The highest BCUT2D eigenvalue weighted by Crippen LogP contribution is 2.23. The van der Waals surface area contributed by atoms with Gasteiger partial charge in [-0.3, -0.25) is 9.59 Å². The van der Waals surface area contributed by atoms with Crippen molar-refractivity contribution in [3.8, 4) is 11.3 Å². The SMILES string of the molecule is O=C(Cn1ncccc1=O)N1CC(n2cc(-c3ccccc3)nn2)C1. The van der Waals surface area contributed by atoms with E-state index in [1.54, 1.807) is 15.6 Å². The van der Waals surface area contributed by atoms with E-state index < -0.39 is 0 Å². The lowest BCUT2D eigenvalue weighted by molar-refractivity contribution is -0.138. The van der Waals surface area contributed by atoms with E-state index >= 15 is 0 Å². The van der Waals surface area contributed by atoms with Crippen LogP contribution in [0.4, 0.5) is 0 Å². The molecule has 0 unspecified atom stereocenters. The van der Waals surface area contributed by atoms with Gasteiger partial charge in [0.2, 0.25) is 5.91 Å². The van der Waals surface area contributed by atoms with Gasteiger partial charge in [0.25, 0.3) is 5.56 Å². The average molecular weight is 336 g/mol. The average Bonchev–Trinajstić information content (AvgIpc) is 3.06. The number of rotatable bonds is 4. The van der Waals surface area contributed by atoms with Crippen molar-refractivity contribution < 1.29 is 4.79 Å². The third kappa shape index (κ3) is 3.06. The lowest BCUT2D eigenvalue weighted by Gasteiger charge is -2.38. The van der Waals surface area contributed by atoms with Gasteiger partial charge in [-0.25, -0.2) is 9.36 Å². The number of amides is 1. The van der Waals surface area contributed by atoms with Gasteiger partial charge >= 0.3 is 0 Å².